The second-order valence-electron chi connectivity index (χ2n) is 19.2. The third-order valence-electron chi connectivity index (χ3n) is 13.2. The van der Waals surface area contributed by atoms with Crippen LogP contribution < -0.4 is 20.9 Å². The quantitative estimate of drug-likeness (QED) is 0.111. The fraction of sp³-hybridized carbons (Fsp3) is 0.500. The Hall–Kier alpha value is -6.06. The van der Waals surface area contributed by atoms with E-state index in [1.807, 2.05) is 71.0 Å². The first-order valence-electron chi connectivity index (χ1n) is 22.5. The van der Waals surface area contributed by atoms with Crippen LogP contribution in [0.3, 0.4) is 0 Å². The molecule has 3 saturated heterocycles. The average molecular weight is 923 g/mol. The number of aromatic nitrogens is 3. The number of piperidine rings is 1. The predicted octanol–water partition coefficient (Wildman–Crippen LogP) is 6.76. The Morgan fingerprint density at radius 2 is 1.70 bits per heavy atom. The molecule has 1 aliphatic carbocycles. The summed E-state index contributed by atoms with van der Waals surface area (Å²) in [6.45, 7) is 17.2. The van der Waals surface area contributed by atoms with E-state index in [1.165, 1.54) is 11.1 Å². The van der Waals surface area contributed by atoms with Crippen LogP contribution in [-0.2, 0) is 19.2 Å². The van der Waals surface area contributed by atoms with Crippen LogP contribution in [0.25, 0.3) is 15.3 Å². The lowest BCUT2D eigenvalue weighted by Gasteiger charge is -2.35. The van der Waals surface area contributed by atoms with Crippen LogP contribution in [0.4, 0.5) is 31.9 Å². The number of β-amino-alcohol motifs (C(OH)–C–C–N with tert-alkyl or cyclic N) is 1. The van der Waals surface area contributed by atoms with Crippen LogP contribution in [0.15, 0.2) is 60.2 Å². The van der Waals surface area contributed by atoms with Crippen molar-refractivity contribution in [3.8, 4) is 10.4 Å². The maximum atomic E-state index is 14.3. The van der Waals surface area contributed by atoms with Crippen LogP contribution in [0.2, 0.25) is 0 Å². The molecule has 1 aromatic carbocycles. The molecule has 66 heavy (non-hydrogen) atoms. The summed E-state index contributed by atoms with van der Waals surface area (Å²) in [5, 5.41) is 19.8. The molecule has 0 unspecified atom stereocenters. The van der Waals surface area contributed by atoms with Gasteiger partial charge in [-0.1, -0.05) is 45.0 Å². The van der Waals surface area contributed by atoms with Gasteiger partial charge in [0.25, 0.3) is 5.92 Å². The number of carbonyl (C=O) groups is 4. The summed E-state index contributed by atoms with van der Waals surface area (Å²) in [4.78, 5) is 78.3. The fourth-order valence-electron chi connectivity index (χ4n) is 9.31. The molecule has 15 nitrogen and oxygen atoms in total. The number of halogens is 2. The Morgan fingerprint density at radius 1 is 0.955 bits per heavy atom. The summed E-state index contributed by atoms with van der Waals surface area (Å²) in [5.41, 5.74) is 5.18. The minimum atomic E-state index is -2.82. The highest BCUT2D eigenvalue weighted by Crippen LogP contribution is 2.43. The number of aliphatic hydroxyl groups excluding tert-OH is 1. The molecule has 8 rings (SSSR count). The zero-order chi connectivity index (χ0) is 47.1. The molecule has 6 heterocycles. The first-order chi connectivity index (χ1) is 31.4. The molecule has 1 saturated carbocycles. The third kappa shape index (κ3) is 10.3. The van der Waals surface area contributed by atoms with Crippen molar-refractivity contribution in [2.45, 2.75) is 103 Å². The normalized spacial score (nSPS) is 22.6. The van der Waals surface area contributed by atoms with Gasteiger partial charge in [-0.25, -0.2) is 28.6 Å². The average Bonchev–Trinajstić information content (AvgIpc) is 3.59. The van der Waals surface area contributed by atoms with Crippen LogP contribution >= 0.6 is 11.3 Å². The van der Waals surface area contributed by atoms with Gasteiger partial charge < -0.3 is 35.8 Å². The number of benzene rings is 1. The fourth-order valence-corrected chi connectivity index (χ4v) is 10.1. The molecule has 6 atom stereocenters. The molecule has 4 amide bonds. The number of carbonyl (C=O) groups excluding carboxylic acids is 4. The number of amides is 4. The second-order valence-corrected chi connectivity index (χ2v) is 20.0. The minimum Gasteiger partial charge on any atom is -0.391 e. The molecule has 348 valence electrons. The summed E-state index contributed by atoms with van der Waals surface area (Å²) in [6, 6.07) is 12.4. The highest BCUT2D eigenvalue weighted by atomic mass is 32.1. The maximum absolute atomic E-state index is 14.3. The second kappa shape index (κ2) is 18.7. The standard InChI is InChI=1S/C48H56F2N10O5S/c1-27(29-7-9-31(10-8-29)41-28(2)53-26-66-41)54-44(63)37-22-34(61)24-60(37)46(65)42(47(3,4)5)57-43(62)35-23-36(35)45(64)58-16-12-30(13-17-58)32-19-39(55-38-21-33(51-6)11-15-52-38)56-40(20-32)59-18-14-48(49,50)25-59/h7-11,15,19-21,26-27,30,34-37,42,61H,12-14,16-18,22-25H2,1-5H3,(H,54,63)(H,57,62)(H,52,55,56)/t27-,34+,35-,36-,37-,42+/m0/s1. The van der Waals surface area contributed by atoms with Gasteiger partial charge in [0.05, 0.1) is 53.2 Å². The van der Waals surface area contributed by atoms with Gasteiger partial charge in [-0.3, -0.25) is 19.2 Å². The van der Waals surface area contributed by atoms with E-state index in [9.17, 15) is 33.1 Å². The number of anilines is 3. The molecule has 4 fully saturated rings. The van der Waals surface area contributed by atoms with Crippen molar-refractivity contribution in [3.63, 3.8) is 0 Å². The van der Waals surface area contributed by atoms with Gasteiger partial charge in [0.2, 0.25) is 23.6 Å². The monoisotopic (exact) mass is 922 g/mol. The first kappa shape index (κ1) is 46.5. The number of likely N-dealkylation sites (tertiary alicyclic amines) is 2. The predicted molar refractivity (Wildman–Crippen MR) is 246 cm³/mol. The van der Waals surface area contributed by atoms with Gasteiger partial charge in [0.15, 0.2) is 5.69 Å². The molecule has 0 radical (unpaired) electrons. The number of nitrogens with zero attached hydrogens (tertiary/aromatic N) is 7. The van der Waals surface area contributed by atoms with Crippen molar-refractivity contribution in [2.24, 2.45) is 17.3 Å². The number of hydrogen-bond acceptors (Lipinski definition) is 11. The molecule has 0 spiro atoms. The van der Waals surface area contributed by atoms with Gasteiger partial charge in [0.1, 0.15) is 29.5 Å². The SMILES string of the molecule is [C-]#[N+]c1ccnc(Nc2cc(C3CCN(C(=O)[C@H]4C[C@@H]4C(=O)N[C@H](C(=O)N4C[C@H](O)C[C@H]4C(=O)N[C@@H](C)c4ccc(-c5scnc5C)cc4)C(C)(C)C)CC3)cc(N3CCC(F)(F)C3)n2)c1. The molecular weight excluding hydrogens is 867 g/mol. The molecule has 4 aliphatic rings. The number of nitrogens with one attached hydrogen (secondary N) is 3. The van der Waals surface area contributed by atoms with E-state index < -0.39 is 65.6 Å². The lowest BCUT2D eigenvalue weighted by molar-refractivity contribution is -0.144. The summed E-state index contributed by atoms with van der Waals surface area (Å²) >= 11 is 1.56. The minimum absolute atomic E-state index is 0.00233. The number of alkyl halides is 2. The molecule has 18 heteroatoms. The van der Waals surface area contributed by atoms with E-state index in [2.05, 4.69) is 35.7 Å². The van der Waals surface area contributed by atoms with E-state index >= 15 is 0 Å². The smallest absolute Gasteiger partial charge is 0.266 e. The maximum Gasteiger partial charge on any atom is 0.266 e. The Bertz CT molecular complexity index is 2520. The number of aliphatic hydroxyl groups is 1. The lowest BCUT2D eigenvalue weighted by Crippen LogP contribution is -2.58. The number of aryl methyl sites for hydroxylation is 1. The van der Waals surface area contributed by atoms with E-state index in [-0.39, 0.29) is 43.8 Å². The number of rotatable bonds is 12. The van der Waals surface area contributed by atoms with Gasteiger partial charge >= 0.3 is 0 Å². The van der Waals surface area contributed by atoms with Gasteiger partial charge in [-0.15, -0.1) is 11.3 Å². The molecule has 3 aromatic heterocycles. The van der Waals surface area contributed by atoms with Crippen molar-refractivity contribution in [2.75, 3.05) is 42.9 Å². The number of hydrogen-bond donors (Lipinski definition) is 4. The first-order valence-corrected chi connectivity index (χ1v) is 23.4. The van der Waals surface area contributed by atoms with E-state index in [1.54, 1.807) is 38.8 Å². The van der Waals surface area contributed by atoms with Crippen molar-refractivity contribution >= 4 is 58.1 Å². The van der Waals surface area contributed by atoms with Crippen LogP contribution in [0, 0.1) is 30.7 Å². The zero-order valence-corrected chi connectivity index (χ0v) is 38.6. The number of thiazole rings is 1. The molecule has 0 bridgehead atoms. The summed E-state index contributed by atoms with van der Waals surface area (Å²) < 4.78 is 28.6. The van der Waals surface area contributed by atoms with Crippen LogP contribution in [-0.4, -0.2) is 110 Å². The summed E-state index contributed by atoms with van der Waals surface area (Å²) in [7, 11) is 0. The van der Waals surface area contributed by atoms with Crippen molar-refractivity contribution in [1.82, 2.24) is 35.4 Å². The van der Waals surface area contributed by atoms with Crippen molar-refractivity contribution < 1.29 is 33.1 Å². The molecular formula is C48H56F2N10O5S. The topological polar surface area (TPSA) is 177 Å². The van der Waals surface area contributed by atoms with E-state index in [0.717, 1.165) is 27.3 Å². The van der Waals surface area contributed by atoms with Gasteiger partial charge in [-0.05, 0) is 85.4 Å². The zero-order valence-electron chi connectivity index (χ0n) is 37.8. The van der Waals surface area contributed by atoms with Crippen LogP contribution in [0.5, 0.6) is 0 Å². The molecule has 4 N–H and O–H groups in total. The Kier molecular flexibility index (Phi) is 13.1. The highest BCUT2D eigenvalue weighted by molar-refractivity contribution is 7.13. The Labute approximate surface area is 387 Å². The van der Waals surface area contributed by atoms with Crippen LogP contribution in [0.1, 0.15) is 88.6 Å². The van der Waals surface area contributed by atoms with Crippen molar-refractivity contribution in [1.29, 1.82) is 0 Å². The van der Waals surface area contributed by atoms with E-state index in [4.69, 9.17) is 6.57 Å². The van der Waals surface area contributed by atoms with Gasteiger partial charge in [-0.2, -0.15) is 0 Å². The Morgan fingerprint density at radius 3 is 2.35 bits per heavy atom. The largest absolute Gasteiger partial charge is 0.391 e. The van der Waals surface area contributed by atoms with Gasteiger partial charge in [0, 0.05) is 45.2 Å². The Balaban J connectivity index is 0.875. The number of pyridine rings is 2. The third-order valence-corrected chi connectivity index (χ3v) is 14.2. The van der Waals surface area contributed by atoms with Crippen molar-refractivity contribution in [3.05, 3.63) is 88.5 Å². The summed E-state index contributed by atoms with van der Waals surface area (Å²) in [6.07, 6.45) is 1.94. The van der Waals surface area contributed by atoms with E-state index in [0.29, 0.717) is 55.5 Å². The summed E-state index contributed by atoms with van der Waals surface area (Å²) in [5.74, 6) is -4.14. The molecule has 4 aromatic rings. The molecule has 3 aliphatic heterocycles. The highest BCUT2D eigenvalue weighted by Gasteiger charge is 2.52. The lowest BCUT2D eigenvalue weighted by atomic mass is 9.85.